The first-order chi connectivity index (χ1) is 3.27. The van der Waals surface area contributed by atoms with Crippen LogP contribution in [0.25, 0.3) is 0 Å². The normalized spacial score (nSPS) is 8.86. The van der Waals surface area contributed by atoms with Gasteiger partial charge in [0.25, 0.3) is 0 Å². The molecular weight excluding hydrogens is 90.1 g/mol. The van der Waals surface area contributed by atoms with Crippen LogP contribution in [0.2, 0.25) is 0 Å². The van der Waals surface area contributed by atoms with Crippen LogP contribution in [0.3, 0.4) is 0 Å². The van der Waals surface area contributed by atoms with E-state index < -0.39 is 0 Å². The lowest BCUT2D eigenvalue weighted by atomic mass is 10.5. The summed E-state index contributed by atoms with van der Waals surface area (Å²) in [5.41, 5.74) is 0.585. The van der Waals surface area contributed by atoms with Crippen molar-refractivity contribution >= 4 is 5.71 Å². The molecule has 0 unspecified atom stereocenters. The van der Waals surface area contributed by atoms with E-state index in [2.05, 4.69) is 0 Å². The Bertz CT molecular complexity index is 61.1. The number of nitrogens with one attached hydrogen (secondary N) is 1. The Labute approximate surface area is 44.0 Å². The van der Waals surface area contributed by atoms with E-state index >= 15 is 0 Å². The van der Waals surface area contributed by atoms with Gasteiger partial charge in [0, 0.05) is 12.3 Å². The molecule has 0 fully saturated rings. The van der Waals surface area contributed by atoms with Crippen LogP contribution in [0.5, 0.6) is 0 Å². The van der Waals surface area contributed by atoms with Gasteiger partial charge in [0.2, 0.25) is 0 Å². The molecule has 0 spiro atoms. The summed E-state index contributed by atoms with van der Waals surface area (Å²) in [6.07, 6.45) is 0. The summed E-state index contributed by atoms with van der Waals surface area (Å²) in [4.78, 5) is 0. The number of rotatable bonds is 3. The second-order valence-corrected chi connectivity index (χ2v) is 1.42. The first-order valence-corrected chi connectivity index (χ1v) is 2.39. The maximum Gasteiger partial charge on any atom is 0.0838 e. The highest BCUT2D eigenvalue weighted by Gasteiger charge is 1.82. The topological polar surface area (TPSA) is 33.1 Å². The van der Waals surface area contributed by atoms with Crippen molar-refractivity contribution in [3.05, 3.63) is 0 Å². The van der Waals surface area contributed by atoms with Gasteiger partial charge >= 0.3 is 0 Å². The zero-order chi connectivity index (χ0) is 5.70. The molecule has 0 aromatic heterocycles. The molecule has 0 radical (unpaired) electrons. The molecule has 2 heteroatoms. The lowest BCUT2D eigenvalue weighted by molar-refractivity contribution is 0.186. The highest BCUT2D eigenvalue weighted by atomic mass is 16.5. The lowest BCUT2D eigenvalue weighted by Gasteiger charge is -1.94. The van der Waals surface area contributed by atoms with Crippen LogP contribution in [0.1, 0.15) is 13.8 Å². The van der Waals surface area contributed by atoms with Crippen molar-refractivity contribution < 1.29 is 4.74 Å². The van der Waals surface area contributed by atoms with E-state index in [-0.39, 0.29) is 0 Å². The summed E-state index contributed by atoms with van der Waals surface area (Å²) in [6, 6.07) is 0. The third kappa shape index (κ3) is 5.63. The SMILES string of the molecule is CCOCC(C)=N. The molecule has 0 aliphatic carbocycles. The first kappa shape index (κ1) is 6.63. The quantitative estimate of drug-likeness (QED) is 0.530. The van der Waals surface area contributed by atoms with Gasteiger partial charge in [-0.05, 0) is 13.8 Å². The third-order valence-corrected chi connectivity index (χ3v) is 0.523. The van der Waals surface area contributed by atoms with Gasteiger partial charge in [0.15, 0.2) is 0 Å². The Kier molecular flexibility index (Phi) is 3.61. The minimum absolute atomic E-state index is 0.483. The molecule has 0 aromatic rings. The summed E-state index contributed by atoms with van der Waals surface area (Å²) < 4.78 is 4.87. The average Bonchev–Trinajstić information content (AvgIpc) is 1.61. The Balaban J connectivity index is 2.82. The van der Waals surface area contributed by atoms with Crippen LogP contribution in [-0.2, 0) is 4.74 Å². The Morgan fingerprint density at radius 2 is 2.29 bits per heavy atom. The molecule has 0 aliphatic heterocycles. The van der Waals surface area contributed by atoms with Gasteiger partial charge in [-0.2, -0.15) is 0 Å². The Morgan fingerprint density at radius 3 is 2.43 bits per heavy atom. The highest BCUT2D eigenvalue weighted by molar-refractivity contribution is 5.79. The smallest absolute Gasteiger partial charge is 0.0838 e. The summed E-state index contributed by atoms with van der Waals surface area (Å²) in [5, 5.41) is 6.87. The van der Waals surface area contributed by atoms with Crippen molar-refractivity contribution in [3.63, 3.8) is 0 Å². The number of hydrogen-bond donors (Lipinski definition) is 1. The van der Waals surface area contributed by atoms with E-state index in [1.807, 2.05) is 6.92 Å². The average molecular weight is 101 g/mol. The molecule has 0 rings (SSSR count). The molecule has 7 heavy (non-hydrogen) atoms. The van der Waals surface area contributed by atoms with Gasteiger partial charge in [-0.15, -0.1) is 0 Å². The second-order valence-electron chi connectivity index (χ2n) is 1.42. The molecule has 42 valence electrons. The molecule has 2 nitrogen and oxygen atoms in total. The van der Waals surface area contributed by atoms with E-state index in [1.54, 1.807) is 6.92 Å². The Morgan fingerprint density at radius 1 is 1.71 bits per heavy atom. The van der Waals surface area contributed by atoms with Crippen molar-refractivity contribution in [3.8, 4) is 0 Å². The molecule has 1 N–H and O–H groups in total. The maximum absolute atomic E-state index is 6.87. The van der Waals surface area contributed by atoms with Crippen molar-refractivity contribution in [2.75, 3.05) is 13.2 Å². The minimum atomic E-state index is 0.483. The molecule has 0 heterocycles. The van der Waals surface area contributed by atoms with E-state index in [0.29, 0.717) is 18.9 Å². The molecule has 0 amide bonds. The predicted molar refractivity (Wildman–Crippen MR) is 29.9 cm³/mol. The van der Waals surface area contributed by atoms with E-state index in [4.69, 9.17) is 10.1 Å². The third-order valence-electron chi connectivity index (χ3n) is 0.523. The first-order valence-electron chi connectivity index (χ1n) is 2.39. The van der Waals surface area contributed by atoms with Crippen molar-refractivity contribution in [1.29, 1.82) is 5.41 Å². The van der Waals surface area contributed by atoms with Gasteiger partial charge in [-0.3, -0.25) is 0 Å². The van der Waals surface area contributed by atoms with Crippen LogP contribution in [0, 0.1) is 5.41 Å². The monoisotopic (exact) mass is 101 g/mol. The lowest BCUT2D eigenvalue weighted by Crippen LogP contribution is -2.01. The molecule has 0 saturated carbocycles. The molecule has 0 aliphatic rings. The van der Waals surface area contributed by atoms with Crippen LogP contribution in [0.4, 0.5) is 0 Å². The minimum Gasteiger partial charge on any atom is -0.376 e. The number of ether oxygens (including phenoxy) is 1. The Hall–Kier alpha value is -0.370. The van der Waals surface area contributed by atoms with Crippen molar-refractivity contribution in [2.45, 2.75) is 13.8 Å². The molecular formula is C5H11NO. The summed E-state index contributed by atoms with van der Waals surface area (Å²) in [5.74, 6) is 0. The summed E-state index contributed by atoms with van der Waals surface area (Å²) in [7, 11) is 0. The largest absolute Gasteiger partial charge is 0.376 e. The van der Waals surface area contributed by atoms with Gasteiger partial charge in [-0.1, -0.05) is 0 Å². The zero-order valence-corrected chi connectivity index (χ0v) is 4.82. The highest BCUT2D eigenvalue weighted by Crippen LogP contribution is 1.73. The fourth-order valence-corrected chi connectivity index (χ4v) is 0.255. The van der Waals surface area contributed by atoms with Crippen LogP contribution in [-0.4, -0.2) is 18.9 Å². The fraction of sp³-hybridized carbons (Fsp3) is 0.800. The van der Waals surface area contributed by atoms with Gasteiger partial charge in [-0.25, -0.2) is 0 Å². The molecule has 0 aromatic carbocycles. The number of hydrogen-bond acceptors (Lipinski definition) is 2. The standard InChI is InChI=1S/C5H11NO/c1-3-7-4-5(2)6/h6H,3-4H2,1-2H3. The molecule has 0 atom stereocenters. The summed E-state index contributed by atoms with van der Waals surface area (Å²) >= 11 is 0. The summed E-state index contributed by atoms with van der Waals surface area (Å²) in [6.45, 7) is 4.84. The van der Waals surface area contributed by atoms with Crippen molar-refractivity contribution in [2.24, 2.45) is 0 Å². The zero-order valence-electron chi connectivity index (χ0n) is 4.82. The predicted octanol–water partition coefficient (Wildman–Crippen LogP) is 1.06. The van der Waals surface area contributed by atoms with E-state index in [9.17, 15) is 0 Å². The van der Waals surface area contributed by atoms with Gasteiger partial charge in [0.05, 0.1) is 6.61 Å². The second kappa shape index (κ2) is 3.81. The van der Waals surface area contributed by atoms with E-state index in [0.717, 1.165) is 0 Å². The fourth-order valence-electron chi connectivity index (χ4n) is 0.255. The van der Waals surface area contributed by atoms with Crippen molar-refractivity contribution in [1.82, 2.24) is 0 Å². The van der Waals surface area contributed by atoms with Crippen LogP contribution in [0.15, 0.2) is 0 Å². The van der Waals surface area contributed by atoms with Crippen LogP contribution >= 0.6 is 0 Å². The van der Waals surface area contributed by atoms with E-state index in [1.165, 1.54) is 0 Å². The molecule has 0 saturated heterocycles. The molecule has 0 bridgehead atoms. The van der Waals surface area contributed by atoms with Gasteiger partial charge < -0.3 is 10.1 Å². The van der Waals surface area contributed by atoms with Crippen LogP contribution < -0.4 is 0 Å². The van der Waals surface area contributed by atoms with Gasteiger partial charge in [0.1, 0.15) is 0 Å². The maximum atomic E-state index is 6.87.